The van der Waals surface area contributed by atoms with Gasteiger partial charge < -0.3 is 10.1 Å². The third kappa shape index (κ3) is 5.55. The van der Waals surface area contributed by atoms with Crippen LogP contribution in [0.3, 0.4) is 0 Å². The van der Waals surface area contributed by atoms with Gasteiger partial charge in [-0.05, 0) is 36.4 Å². The maximum absolute atomic E-state index is 13.0. The number of benzene rings is 2. The number of anilines is 1. The van der Waals surface area contributed by atoms with Gasteiger partial charge in [0.1, 0.15) is 17.9 Å². The zero-order valence-corrected chi connectivity index (χ0v) is 15.1. The molecular formula is C17H12BrF3N2O4. The molecule has 10 heteroatoms. The molecule has 0 aliphatic carbocycles. The molecule has 142 valence electrons. The molecule has 0 heterocycles. The van der Waals surface area contributed by atoms with Crippen molar-refractivity contribution >= 4 is 33.2 Å². The summed E-state index contributed by atoms with van der Waals surface area (Å²) in [7, 11) is 0. The molecule has 0 aliphatic heterocycles. The van der Waals surface area contributed by atoms with Crippen molar-refractivity contribution in [2.24, 2.45) is 0 Å². The summed E-state index contributed by atoms with van der Waals surface area (Å²) in [6.07, 6.45) is -4.94. The molecule has 0 saturated heterocycles. The maximum Gasteiger partial charge on any atom is 0.423 e. The van der Waals surface area contributed by atoms with Crippen LogP contribution in [0.5, 0.6) is 5.75 Å². The predicted octanol–water partition coefficient (Wildman–Crippen LogP) is 4.95. The molecule has 6 nitrogen and oxygen atoms in total. The Balaban J connectivity index is 2.07. The monoisotopic (exact) mass is 444 g/mol. The van der Waals surface area contributed by atoms with Crippen LogP contribution >= 0.6 is 15.9 Å². The van der Waals surface area contributed by atoms with Gasteiger partial charge in [0.15, 0.2) is 0 Å². The van der Waals surface area contributed by atoms with Crippen LogP contribution < -0.4 is 10.1 Å². The number of hydrogen-bond acceptors (Lipinski definition) is 4. The molecule has 2 aromatic carbocycles. The van der Waals surface area contributed by atoms with Crippen LogP contribution in [0.1, 0.15) is 5.56 Å². The Kier molecular flexibility index (Phi) is 6.21. The number of alkyl halides is 3. The fraction of sp³-hybridized carbons (Fsp3) is 0.118. The van der Waals surface area contributed by atoms with E-state index in [-0.39, 0.29) is 17.9 Å². The number of nitro benzene ring substituents is 1. The fourth-order valence-corrected chi connectivity index (χ4v) is 2.25. The quantitative estimate of drug-likeness (QED) is 0.388. The lowest BCUT2D eigenvalue weighted by Crippen LogP contribution is -2.19. The minimum atomic E-state index is -4.94. The van der Waals surface area contributed by atoms with Gasteiger partial charge in [0.05, 0.1) is 4.92 Å². The average Bonchev–Trinajstić information content (AvgIpc) is 2.60. The minimum absolute atomic E-state index is 0.0372. The Morgan fingerprint density at radius 3 is 2.41 bits per heavy atom. The molecule has 1 amide bonds. The number of nitro groups is 1. The Labute approximate surface area is 159 Å². The number of halogens is 4. The topological polar surface area (TPSA) is 81.5 Å². The van der Waals surface area contributed by atoms with Gasteiger partial charge in [0, 0.05) is 21.8 Å². The van der Waals surface area contributed by atoms with Crippen molar-refractivity contribution in [1.29, 1.82) is 0 Å². The third-order valence-electron chi connectivity index (χ3n) is 3.30. The summed E-state index contributed by atoms with van der Waals surface area (Å²) in [5.41, 5.74) is -2.84. The number of nitrogens with one attached hydrogen (secondary N) is 1. The van der Waals surface area contributed by atoms with Crippen LogP contribution in [-0.4, -0.2) is 17.4 Å². The summed E-state index contributed by atoms with van der Waals surface area (Å²) in [6, 6.07) is 8.95. The highest BCUT2D eigenvalue weighted by molar-refractivity contribution is 9.10. The molecule has 0 bridgehead atoms. The average molecular weight is 445 g/mol. The maximum atomic E-state index is 13.0. The SMILES string of the molecule is C=C(COc1ccc(Br)cc1)C(=O)Nc1ccc([N+](=O)[O-])c(C(F)(F)F)c1. The van der Waals surface area contributed by atoms with Crippen LogP contribution in [0.2, 0.25) is 0 Å². The van der Waals surface area contributed by atoms with Crippen molar-refractivity contribution in [3.63, 3.8) is 0 Å². The van der Waals surface area contributed by atoms with E-state index in [0.29, 0.717) is 17.9 Å². The second kappa shape index (κ2) is 8.21. The smallest absolute Gasteiger partial charge is 0.423 e. The molecule has 0 saturated carbocycles. The van der Waals surface area contributed by atoms with Crippen LogP contribution in [0.15, 0.2) is 59.1 Å². The summed E-state index contributed by atoms with van der Waals surface area (Å²) >= 11 is 3.26. The summed E-state index contributed by atoms with van der Waals surface area (Å²) < 4.78 is 45.1. The standard InChI is InChI=1S/C17H12BrF3N2O4/c1-10(9-27-13-5-2-11(18)3-6-13)16(24)22-12-4-7-15(23(25)26)14(8-12)17(19,20)21/h2-8H,1,9H2,(H,22,24). The molecule has 2 aromatic rings. The van der Waals surface area contributed by atoms with Gasteiger partial charge in [-0.25, -0.2) is 0 Å². The molecule has 27 heavy (non-hydrogen) atoms. The zero-order chi connectivity index (χ0) is 20.2. The van der Waals surface area contributed by atoms with E-state index in [1.54, 1.807) is 24.3 Å². The molecule has 0 atom stereocenters. The first-order valence-corrected chi connectivity index (χ1v) is 8.10. The Bertz CT molecular complexity index is 883. The van der Waals surface area contributed by atoms with Gasteiger partial charge in [-0.1, -0.05) is 22.5 Å². The van der Waals surface area contributed by atoms with E-state index in [1.807, 2.05) is 0 Å². The minimum Gasteiger partial charge on any atom is -0.489 e. The first-order chi connectivity index (χ1) is 12.6. The molecule has 0 aromatic heterocycles. The second-order valence-corrected chi connectivity index (χ2v) is 6.20. The van der Waals surface area contributed by atoms with Crippen LogP contribution in [0.4, 0.5) is 24.5 Å². The zero-order valence-electron chi connectivity index (χ0n) is 13.5. The summed E-state index contributed by atoms with van der Waals surface area (Å²) in [6.45, 7) is 3.34. The van der Waals surface area contributed by atoms with Crippen LogP contribution in [0.25, 0.3) is 0 Å². The van der Waals surface area contributed by atoms with E-state index in [9.17, 15) is 28.1 Å². The Morgan fingerprint density at radius 1 is 1.22 bits per heavy atom. The molecule has 0 spiro atoms. The van der Waals surface area contributed by atoms with Gasteiger partial charge in [-0.2, -0.15) is 13.2 Å². The molecule has 1 N–H and O–H groups in total. The van der Waals surface area contributed by atoms with E-state index < -0.39 is 28.3 Å². The fourth-order valence-electron chi connectivity index (χ4n) is 1.99. The number of hydrogen-bond donors (Lipinski definition) is 1. The molecular weight excluding hydrogens is 433 g/mol. The van der Waals surface area contributed by atoms with Gasteiger partial charge in [0.25, 0.3) is 11.6 Å². The van der Waals surface area contributed by atoms with E-state index in [2.05, 4.69) is 27.8 Å². The number of carbonyl (C=O) groups is 1. The van der Waals surface area contributed by atoms with Crippen molar-refractivity contribution < 1.29 is 27.6 Å². The highest BCUT2D eigenvalue weighted by atomic mass is 79.9. The second-order valence-electron chi connectivity index (χ2n) is 5.29. The lowest BCUT2D eigenvalue weighted by atomic mass is 10.1. The Morgan fingerprint density at radius 2 is 1.85 bits per heavy atom. The number of carbonyl (C=O) groups excluding carboxylic acids is 1. The van der Waals surface area contributed by atoms with Crippen molar-refractivity contribution in [3.05, 3.63) is 74.8 Å². The first kappa shape index (κ1) is 20.4. The van der Waals surface area contributed by atoms with Crippen LogP contribution in [0, 0.1) is 10.1 Å². The number of nitrogens with zero attached hydrogens (tertiary/aromatic N) is 1. The van der Waals surface area contributed by atoms with Crippen molar-refractivity contribution in [2.45, 2.75) is 6.18 Å². The van der Waals surface area contributed by atoms with Crippen molar-refractivity contribution in [1.82, 2.24) is 0 Å². The first-order valence-electron chi connectivity index (χ1n) is 7.31. The van der Waals surface area contributed by atoms with E-state index in [4.69, 9.17) is 4.74 Å². The highest BCUT2D eigenvalue weighted by Crippen LogP contribution is 2.37. The molecule has 0 unspecified atom stereocenters. The largest absolute Gasteiger partial charge is 0.489 e. The Hall–Kier alpha value is -2.88. The normalized spacial score (nSPS) is 11.0. The van der Waals surface area contributed by atoms with Gasteiger partial charge in [-0.15, -0.1) is 0 Å². The lowest BCUT2D eigenvalue weighted by Gasteiger charge is -2.12. The third-order valence-corrected chi connectivity index (χ3v) is 3.83. The van der Waals surface area contributed by atoms with Gasteiger partial charge >= 0.3 is 6.18 Å². The van der Waals surface area contributed by atoms with Crippen molar-refractivity contribution in [2.75, 3.05) is 11.9 Å². The van der Waals surface area contributed by atoms with E-state index in [0.717, 1.165) is 10.5 Å². The molecule has 0 radical (unpaired) electrons. The number of amides is 1. The van der Waals surface area contributed by atoms with Gasteiger partial charge in [0.2, 0.25) is 0 Å². The summed E-state index contributed by atoms with van der Waals surface area (Å²) in [5.74, 6) is -0.295. The molecule has 2 rings (SSSR count). The van der Waals surface area contributed by atoms with Crippen molar-refractivity contribution in [3.8, 4) is 5.75 Å². The summed E-state index contributed by atoms with van der Waals surface area (Å²) in [5, 5.41) is 13.0. The van der Waals surface area contributed by atoms with Crippen LogP contribution in [-0.2, 0) is 11.0 Å². The van der Waals surface area contributed by atoms with E-state index in [1.165, 1.54) is 0 Å². The highest BCUT2D eigenvalue weighted by Gasteiger charge is 2.38. The molecule has 0 aliphatic rings. The number of rotatable bonds is 6. The predicted molar refractivity (Wildman–Crippen MR) is 95.5 cm³/mol. The lowest BCUT2D eigenvalue weighted by molar-refractivity contribution is -0.388. The van der Waals surface area contributed by atoms with E-state index >= 15 is 0 Å². The number of ether oxygens (including phenoxy) is 1. The summed E-state index contributed by atoms with van der Waals surface area (Å²) in [4.78, 5) is 21.7. The van der Waals surface area contributed by atoms with Gasteiger partial charge in [-0.3, -0.25) is 14.9 Å². The molecule has 0 fully saturated rings.